The van der Waals surface area contributed by atoms with E-state index in [2.05, 4.69) is 25.8 Å². The van der Waals surface area contributed by atoms with E-state index in [1.807, 2.05) is 6.92 Å². The first-order chi connectivity index (χ1) is 10.0. The van der Waals surface area contributed by atoms with Crippen LogP contribution in [0.25, 0.3) is 0 Å². The van der Waals surface area contributed by atoms with Gasteiger partial charge in [-0.25, -0.2) is 9.78 Å². The van der Waals surface area contributed by atoms with E-state index in [0.717, 1.165) is 0 Å². The summed E-state index contributed by atoms with van der Waals surface area (Å²) in [4.78, 5) is 41.1. The van der Waals surface area contributed by atoms with Gasteiger partial charge in [0, 0.05) is 19.5 Å². The molecule has 0 saturated carbocycles. The maximum atomic E-state index is 12.3. The minimum Gasteiger partial charge on any atom is -0.336 e. The smallest absolute Gasteiger partial charge is 0.322 e. The summed E-state index contributed by atoms with van der Waals surface area (Å²) in [6.45, 7) is 2.67. The van der Waals surface area contributed by atoms with Crippen LogP contribution in [0.5, 0.6) is 0 Å². The molecule has 1 spiro atoms. The van der Waals surface area contributed by atoms with Crippen molar-refractivity contribution in [3.63, 3.8) is 0 Å². The van der Waals surface area contributed by atoms with Crippen molar-refractivity contribution in [2.24, 2.45) is 0 Å². The van der Waals surface area contributed by atoms with Crippen molar-refractivity contribution in [3.05, 3.63) is 11.6 Å². The highest BCUT2D eigenvalue weighted by atomic mass is 16.2. The van der Waals surface area contributed by atoms with Gasteiger partial charge in [-0.3, -0.25) is 20.0 Å². The number of urea groups is 1. The van der Waals surface area contributed by atoms with E-state index < -0.39 is 11.6 Å². The van der Waals surface area contributed by atoms with Crippen molar-refractivity contribution in [1.29, 1.82) is 0 Å². The Labute approximate surface area is 120 Å². The molecule has 2 aliphatic heterocycles. The summed E-state index contributed by atoms with van der Waals surface area (Å²) < 4.78 is 0. The molecule has 9 nitrogen and oxygen atoms in total. The molecule has 0 unspecified atom stereocenters. The third-order valence-corrected chi connectivity index (χ3v) is 3.98. The van der Waals surface area contributed by atoms with E-state index >= 15 is 0 Å². The number of hydrogen-bond donors (Lipinski definition) is 3. The molecule has 0 radical (unpaired) electrons. The molecule has 21 heavy (non-hydrogen) atoms. The van der Waals surface area contributed by atoms with Crippen LogP contribution in [0.3, 0.4) is 0 Å². The number of aromatic nitrogens is 3. The van der Waals surface area contributed by atoms with Gasteiger partial charge in [0.25, 0.3) is 11.8 Å². The highest BCUT2D eigenvalue weighted by molar-refractivity contribution is 6.07. The molecule has 2 fully saturated rings. The second-order valence-corrected chi connectivity index (χ2v) is 5.24. The SMILES string of the molecule is CCc1nc(C(=O)N2CCC3(CC2)NC(=O)NC3=O)n[nH]1. The summed E-state index contributed by atoms with van der Waals surface area (Å²) in [5, 5.41) is 11.5. The Kier molecular flexibility index (Phi) is 3.11. The molecule has 0 atom stereocenters. The molecular weight excluding hydrogens is 276 g/mol. The Morgan fingerprint density at radius 1 is 1.33 bits per heavy atom. The van der Waals surface area contributed by atoms with Crippen LogP contribution in [0.15, 0.2) is 0 Å². The average Bonchev–Trinajstić information content (AvgIpc) is 3.05. The van der Waals surface area contributed by atoms with Crippen LogP contribution in [0, 0.1) is 0 Å². The quantitative estimate of drug-likeness (QED) is 0.615. The number of aromatic amines is 1. The van der Waals surface area contributed by atoms with Gasteiger partial charge in [0.2, 0.25) is 5.82 Å². The van der Waals surface area contributed by atoms with E-state index in [9.17, 15) is 14.4 Å². The Morgan fingerprint density at radius 3 is 2.57 bits per heavy atom. The maximum absolute atomic E-state index is 12.3. The number of piperidine rings is 1. The minimum absolute atomic E-state index is 0.141. The lowest BCUT2D eigenvalue weighted by molar-refractivity contribution is -0.125. The molecule has 9 heteroatoms. The molecule has 0 aromatic carbocycles. The number of rotatable bonds is 2. The van der Waals surface area contributed by atoms with Crippen molar-refractivity contribution in [3.8, 4) is 0 Å². The van der Waals surface area contributed by atoms with Crippen LogP contribution in [0.2, 0.25) is 0 Å². The number of carbonyl (C=O) groups excluding carboxylic acids is 3. The highest BCUT2D eigenvalue weighted by Crippen LogP contribution is 2.25. The molecule has 0 bridgehead atoms. The Morgan fingerprint density at radius 2 is 2.05 bits per heavy atom. The second kappa shape index (κ2) is 4.83. The summed E-state index contributed by atoms with van der Waals surface area (Å²) in [6, 6.07) is -0.471. The highest BCUT2D eigenvalue weighted by Gasteiger charge is 2.48. The molecule has 2 saturated heterocycles. The van der Waals surface area contributed by atoms with Gasteiger partial charge in [-0.2, -0.15) is 0 Å². The molecular formula is C12H16N6O3. The lowest BCUT2D eigenvalue weighted by Gasteiger charge is -2.36. The summed E-state index contributed by atoms with van der Waals surface area (Å²) in [5.74, 6) is 0.230. The molecule has 1 aromatic rings. The summed E-state index contributed by atoms with van der Waals surface area (Å²) in [6.07, 6.45) is 1.46. The van der Waals surface area contributed by atoms with Crippen molar-refractivity contribution in [1.82, 2.24) is 30.7 Å². The Hall–Kier alpha value is -2.45. The first kappa shape index (κ1) is 13.5. The van der Waals surface area contributed by atoms with Crippen molar-refractivity contribution < 1.29 is 14.4 Å². The molecule has 0 aliphatic carbocycles. The summed E-state index contributed by atoms with van der Waals surface area (Å²) >= 11 is 0. The third kappa shape index (κ3) is 2.24. The van der Waals surface area contributed by atoms with Gasteiger partial charge in [0.1, 0.15) is 11.4 Å². The number of carbonyl (C=O) groups is 3. The zero-order valence-electron chi connectivity index (χ0n) is 11.6. The van der Waals surface area contributed by atoms with Gasteiger partial charge in [-0.05, 0) is 12.8 Å². The van der Waals surface area contributed by atoms with Crippen molar-refractivity contribution in [2.75, 3.05) is 13.1 Å². The lowest BCUT2D eigenvalue weighted by atomic mass is 9.87. The van der Waals surface area contributed by atoms with E-state index in [1.165, 1.54) is 0 Å². The van der Waals surface area contributed by atoms with Gasteiger partial charge >= 0.3 is 6.03 Å². The predicted octanol–water partition coefficient (Wildman–Crippen LogP) is -0.819. The second-order valence-electron chi connectivity index (χ2n) is 5.24. The number of H-pyrrole nitrogens is 1. The lowest BCUT2D eigenvalue weighted by Crippen LogP contribution is -2.55. The Balaban J connectivity index is 1.67. The van der Waals surface area contributed by atoms with Crippen LogP contribution in [0.4, 0.5) is 4.79 Å². The standard InChI is InChI=1S/C12H16N6O3/c1-2-7-13-8(17-16-7)9(19)18-5-3-12(4-6-18)10(20)14-11(21)15-12/h2-6H2,1H3,(H,13,16,17)(H2,14,15,20,21). The molecule has 112 valence electrons. The largest absolute Gasteiger partial charge is 0.336 e. The summed E-state index contributed by atoms with van der Waals surface area (Å²) in [5.41, 5.74) is -0.874. The molecule has 1 aromatic heterocycles. The molecule has 4 amide bonds. The zero-order valence-corrected chi connectivity index (χ0v) is 11.6. The van der Waals surface area contributed by atoms with E-state index in [1.54, 1.807) is 4.90 Å². The topological polar surface area (TPSA) is 120 Å². The molecule has 2 aliphatic rings. The minimum atomic E-state index is -0.874. The number of nitrogens with one attached hydrogen (secondary N) is 3. The number of hydrogen-bond acceptors (Lipinski definition) is 5. The number of imide groups is 1. The number of nitrogens with zero attached hydrogens (tertiary/aromatic N) is 3. The van der Waals surface area contributed by atoms with Crippen molar-refractivity contribution >= 4 is 17.8 Å². The first-order valence-electron chi connectivity index (χ1n) is 6.88. The van der Waals surface area contributed by atoms with E-state index in [0.29, 0.717) is 38.2 Å². The fraction of sp³-hybridized carbons (Fsp3) is 0.583. The fourth-order valence-electron chi connectivity index (χ4n) is 2.66. The van der Waals surface area contributed by atoms with Crippen LogP contribution in [0.1, 0.15) is 36.2 Å². The van der Waals surface area contributed by atoms with Crippen LogP contribution in [-0.2, 0) is 11.2 Å². The average molecular weight is 292 g/mol. The van der Waals surface area contributed by atoms with Crippen molar-refractivity contribution in [2.45, 2.75) is 31.7 Å². The van der Waals surface area contributed by atoms with Crippen LogP contribution < -0.4 is 10.6 Å². The fourth-order valence-corrected chi connectivity index (χ4v) is 2.66. The first-order valence-corrected chi connectivity index (χ1v) is 6.88. The van der Waals surface area contributed by atoms with Gasteiger partial charge in [-0.1, -0.05) is 6.92 Å². The van der Waals surface area contributed by atoms with Crippen LogP contribution >= 0.6 is 0 Å². The number of likely N-dealkylation sites (tertiary alicyclic amines) is 1. The number of amides is 4. The van der Waals surface area contributed by atoms with Gasteiger partial charge in [-0.15, -0.1) is 5.10 Å². The number of aryl methyl sites for hydroxylation is 1. The molecule has 3 heterocycles. The predicted molar refractivity (Wildman–Crippen MR) is 70.3 cm³/mol. The monoisotopic (exact) mass is 292 g/mol. The Bertz CT molecular complexity index is 602. The van der Waals surface area contributed by atoms with Crippen LogP contribution in [-0.4, -0.2) is 56.6 Å². The van der Waals surface area contributed by atoms with E-state index in [4.69, 9.17) is 0 Å². The van der Waals surface area contributed by atoms with Gasteiger partial charge < -0.3 is 10.2 Å². The summed E-state index contributed by atoms with van der Waals surface area (Å²) in [7, 11) is 0. The maximum Gasteiger partial charge on any atom is 0.322 e. The molecule has 3 rings (SSSR count). The van der Waals surface area contributed by atoms with Gasteiger partial charge in [0.05, 0.1) is 0 Å². The zero-order chi connectivity index (χ0) is 15.0. The van der Waals surface area contributed by atoms with Gasteiger partial charge in [0.15, 0.2) is 0 Å². The third-order valence-electron chi connectivity index (χ3n) is 3.98. The normalized spacial score (nSPS) is 20.5. The van der Waals surface area contributed by atoms with E-state index in [-0.39, 0.29) is 17.6 Å². The molecule has 3 N–H and O–H groups in total.